The van der Waals surface area contributed by atoms with Gasteiger partial charge in [0.25, 0.3) is 6.01 Å². The van der Waals surface area contributed by atoms with Crippen LogP contribution in [0, 0.1) is 0 Å². The summed E-state index contributed by atoms with van der Waals surface area (Å²) in [7, 11) is 3.34. The lowest BCUT2D eigenvalue weighted by Crippen LogP contribution is -2.38. The zero-order valence-electron chi connectivity index (χ0n) is 21.8. The molecule has 0 bridgehead atoms. The smallest absolute Gasteiger partial charge is 0.298 e. The summed E-state index contributed by atoms with van der Waals surface area (Å²) in [5.74, 6) is 1.62. The molecular formula is C28H37N3O6. The van der Waals surface area contributed by atoms with Gasteiger partial charge in [-0.3, -0.25) is 4.90 Å². The summed E-state index contributed by atoms with van der Waals surface area (Å²) in [5.41, 5.74) is 2.92. The van der Waals surface area contributed by atoms with E-state index in [0.29, 0.717) is 45.5 Å². The molecule has 4 rings (SSSR count). The van der Waals surface area contributed by atoms with Gasteiger partial charge >= 0.3 is 0 Å². The van der Waals surface area contributed by atoms with Crippen LogP contribution in [0.15, 0.2) is 59.2 Å². The van der Waals surface area contributed by atoms with Crippen molar-refractivity contribution in [1.82, 2.24) is 9.88 Å². The topological polar surface area (TPSA) is 78.7 Å². The molecule has 0 unspecified atom stereocenters. The molecule has 0 saturated carbocycles. The molecule has 3 aromatic rings. The summed E-state index contributed by atoms with van der Waals surface area (Å²) in [4.78, 5) is 9.13. The second-order valence-corrected chi connectivity index (χ2v) is 8.80. The average Bonchev–Trinajstić information content (AvgIpc) is 3.42. The van der Waals surface area contributed by atoms with Crippen LogP contribution in [0.2, 0.25) is 0 Å². The molecule has 0 aliphatic carbocycles. The standard InChI is InChI=1S/C28H37N3O6/c1-32-26-7-3-5-23(17-26)19-31(20-24-6-4-8-27(18-24)33-2)28-29-25(22-37-28)21-36-16-15-35-14-11-30-9-12-34-13-10-30/h3-8,17-18,22H,9-16,19-21H2,1-2H3. The third-order valence-corrected chi connectivity index (χ3v) is 6.10. The summed E-state index contributed by atoms with van der Waals surface area (Å²) < 4.78 is 33.5. The van der Waals surface area contributed by atoms with Crippen molar-refractivity contribution in [1.29, 1.82) is 0 Å². The van der Waals surface area contributed by atoms with E-state index >= 15 is 0 Å². The summed E-state index contributed by atoms with van der Waals surface area (Å²) >= 11 is 0. The fourth-order valence-electron chi connectivity index (χ4n) is 4.10. The molecule has 0 amide bonds. The Kier molecular flexibility index (Phi) is 10.6. The van der Waals surface area contributed by atoms with E-state index in [1.165, 1.54) is 0 Å². The van der Waals surface area contributed by atoms with Gasteiger partial charge in [0.15, 0.2) is 0 Å². The third-order valence-electron chi connectivity index (χ3n) is 6.10. The van der Waals surface area contributed by atoms with Crippen molar-refractivity contribution in [3.63, 3.8) is 0 Å². The van der Waals surface area contributed by atoms with E-state index < -0.39 is 0 Å². The predicted molar refractivity (Wildman–Crippen MR) is 140 cm³/mol. The van der Waals surface area contributed by atoms with Crippen LogP contribution in [-0.4, -0.2) is 76.8 Å². The van der Waals surface area contributed by atoms with Crippen LogP contribution in [0.1, 0.15) is 16.8 Å². The minimum atomic E-state index is 0.364. The maximum absolute atomic E-state index is 5.87. The Hall–Kier alpha value is -3.11. The molecule has 1 aliphatic rings. The zero-order chi connectivity index (χ0) is 25.7. The number of aromatic nitrogens is 1. The summed E-state index contributed by atoms with van der Waals surface area (Å²) in [5, 5.41) is 0. The van der Waals surface area contributed by atoms with Gasteiger partial charge in [-0.1, -0.05) is 24.3 Å². The normalized spacial score (nSPS) is 14.0. The van der Waals surface area contributed by atoms with Crippen molar-refractivity contribution in [2.75, 3.05) is 71.8 Å². The zero-order valence-corrected chi connectivity index (χ0v) is 21.8. The lowest BCUT2D eigenvalue weighted by atomic mass is 10.1. The molecule has 200 valence electrons. The van der Waals surface area contributed by atoms with Crippen molar-refractivity contribution in [2.45, 2.75) is 19.7 Å². The molecule has 0 N–H and O–H groups in total. The summed E-state index contributed by atoms with van der Waals surface area (Å²) in [6.07, 6.45) is 1.65. The van der Waals surface area contributed by atoms with Crippen LogP contribution < -0.4 is 14.4 Å². The van der Waals surface area contributed by atoms with Crippen LogP contribution in [0.25, 0.3) is 0 Å². The van der Waals surface area contributed by atoms with Gasteiger partial charge < -0.3 is 33.0 Å². The quantitative estimate of drug-likeness (QED) is 0.283. The number of methoxy groups -OCH3 is 2. The van der Waals surface area contributed by atoms with Crippen LogP contribution >= 0.6 is 0 Å². The monoisotopic (exact) mass is 511 g/mol. The Labute approximate surface area is 218 Å². The maximum Gasteiger partial charge on any atom is 0.298 e. The van der Waals surface area contributed by atoms with Crippen LogP contribution in [0.4, 0.5) is 6.01 Å². The van der Waals surface area contributed by atoms with Gasteiger partial charge in [0.2, 0.25) is 0 Å². The van der Waals surface area contributed by atoms with Gasteiger partial charge in [-0.15, -0.1) is 0 Å². The number of oxazole rings is 1. The highest BCUT2D eigenvalue weighted by molar-refractivity contribution is 5.37. The molecule has 1 fully saturated rings. The first-order chi connectivity index (χ1) is 18.2. The van der Waals surface area contributed by atoms with E-state index in [1.807, 2.05) is 36.4 Å². The van der Waals surface area contributed by atoms with Crippen LogP contribution in [-0.2, 0) is 33.9 Å². The number of hydrogen-bond donors (Lipinski definition) is 0. The van der Waals surface area contributed by atoms with E-state index in [-0.39, 0.29) is 0 Å². The first-order valence-electron chi connectivity index (χ1n) is 12.6. The fourth-order valence-corrected chi connectivity index (χ4v) is 4.10. The number of anilines is 1. The van der Waals surface area contributed by atoms with E-state index in [1.54, 1.807) is 20.5 Å². The van der Waals surface area contributed by atoms with Gasteiger partial charge in [-0.05, 0) is 35.4 Å². The van der Waals surface area contributed by atoms with E-state index in [0.717, 1.165) is 61.2 Å². The summed E-state index contributed by atoms with van der Waals surface area (Å²) in [6, 6.07) is 16.5. The number of ether oxygens (including phenoxy) is 5. The molecule has 1 aromatic heterocycles. The lowest BCUT2D eigenvalue weighted by Gasteiger charge is -2.26. The molecule has 9 heteroatoms. The van der Waals surface area contributed by atoms with Crippen molar-refractivity contribution in [3.8, 4) is 11.5 Å². The largest absolute Gasteiger partial charge is 0.497 e. The Morgan fingerprint density at radius 3 is 2.16 bits per heavy atom. The minimum Gasteiger partial charge on any atom is -0.497 e. The van der Waals surface area contributed by atoms with E-state index in [2.05, 4.69) is 21.9 Å². The Balaban J connectivity index is 1.30. The van der Waals surface area contributed by atoms with Crippen molar-refractivity contribution in [2.24, 2.45) is 0 Å². The second kappa shape index (κ2) is 14.6. The highest BCUT2D eigenvalue weighted by Gasteiger charge is 2.16. The summed E-state index contributed by atoms with van der Waals surface area (Å²) in [6.45, 7) is 7.80. The molecule has 2 heterocycles. The Bertz CT molecular complexity index is 1020. The number of morpholine rings is 1. The molecule has 0 atom stereocenters. The Morgan fingerprint density at radius 2 is 1.51 bits per heavy atom. The molecule has 2 aromatic carbocycles. The molecule has 1 saturated heterocycles. The SMILES string of the molecule is COc1cccc(CN(Cc2cccc(OC)c2)c2nc(COCCOCCN3CCOCC3)co2)c1. The van der Waals surface area contributed by atoms with Gasteiger partial charge in [0.05, 0.1) is 53.9 Å². The predicted octanol–water partition coefficient (Wildman–Crippen LogP) is 3.76. The fraction of sp³-hybridized carbons (Fsp3) is 0.464. The van der Waals surface area contributed by atoms with Crippen molar-refractivity contribution in [3.05, 3.63) is 71.6 Å². The van der Waals surface area contributed by atoms with Crippen molar-refractivity contribution < 1.29 is 28.1 Å². The maximum atomic E-state index is 5.87. The van der Waals surface area contributed by atoms with Gasteiger partial charge in [0.1, 0.15) is 23.5 Å². The number of nitrogens with zero attached hydrogens (tertiary/aromatic N) is 3. The number of rotatable bonds is 15. The van der Waals surface area contributed by atoms with Crippen LogP contribution in [0.5, 0.6) is 11.5 Å². The molecule has 0 spiro atoms. The molecule has 1 aliphatic heterocycles. The highest BCUT2D eigenvalue weighted by atomic mass is 16.5. The van der Waals surface area contributed by atoms with Crippen molar-refractivity contribution >= 4 is 6.01 Å². The average molecular weight is 512 g/mol. The number of hydrogen-bond acceptors (Lipinski definition) is 9. The molecule has 37 heavy (non-hydrogen) atoms. The second-order valence-electron chi connectivity index (χ2n) is 8.80. The van der Waals surface area contributed by atoms with Crippen LogP contribution in [0.3, 0.4) is 0 Å². The minimum absolute atomic E-state index is 0.364. The lowest BCUT2D eigenvalue weighted by molar-refractivity contribution is 0.00552. The van der Waals surface area contributed by atoms with E-state index in [9.17, 15) is 0 Å². The Morgan fingerprint density at radius 1 is 0.865 bits per heavy atom. The first kappa shape index (κ1) is 26.9. The van der Waals surface area contributed by atoms with Gasteiger partial charge in [-0.25, -0.2) is 0 Å². The number of benzene rings is 2. The van der Waals surface area contributed by atoms with E-state index in [4.69, 9.17) is 33.1 Å². The van der Waals surface area contributed by atoms with Gasteiger partial charge in [-0.2, -0.15) is 4.98 Å². The molecule has 9 nitrogen and oxygen atoms in total. The van der Waals surface area contributed by atoms with Gasteiger partial charge in [0, 0.05) is 32.7 Å². The molecule has 0 radical (unpaired) electrons. The third kappa shape index (κ3) is 8.75. The highest BCUT2D eigenvalue weighted by Crippen LogP contribution is 2.23. The first-order valence-corrected chi connectivity index (χ1v) is 12.6. The molecular weight excluding hydrogens is 474 g/mol.